The summed E-state index contributed by atoms with van der Waals surface area (Å²) in [6, 6.07) is 16.2. The number of hydrazine groups is 1. The van der Waals surface area contributed by atoms with E-state index in [1.807, 2.05) is 30.3 Å². The fourth-order valence-electron chi connectivity index (χ4n) is 2.22. The van der Waals surface area contributed by atoms with Gasteiger partial charge in [0.25, 0.3) is 5.91 Å². The highest BCUT2D eigenvalue weighted by molar-refractivity contribution is 8.26. The number of hydrogen-bond donors (Lipinski definition) is 2. The molecule has 1 aliphatic heterocycles. The molecule has 2 N–H and O–H groups in total. The first-order chi connectivity index (χ1) is 12.5. The molecule has 0 aromatic heterocycles. The molecule has 132 valence electrons. The summed E-state index contributed by atoms with van der Waals surface area (Å²) in [7, 11) is 0. The fourth-order valence-corrected chi connectivity index (χ4v) is 3.39. The highest BCUT2D eigenvalue weighted by atomic mass is 32.2. The molecule has 0 saturated carbocycles. The fraction of sp³-hybridized carbons (Fsp3) is 0.0556. The minimum Gasteiger partial charge on any atom is -0.481 e. The number of nitrogens with one attached hydrogen (secondary N) is 1. The van der Waals surface area contributed by atoms with Gasteiger partial charge in [-0.3, -0.25) is 10.2 Å². The summed E-state index contributed by atoms with van der Waals surface area (Å²) in [5.41, 5.74) is 4.33. The Morgan fingerprint density at radius 2 is 1.88 bits per heavy atom. The Kier molecular flexibility index (Phi) is 5.55. The van der Waals surface area contributed by atoms with Crippen molar-refractivity contribution in [2.45, 2.75) is 0 Å². The smallest absolute Gasteiger partial charge is 0.341 e. The lowest BCUT2D eigenvalue weighted by Gasteiger charge is -2.16. The lowest BCUT2D eigenvalue weighted by molar-refractivity contribution is -0.139. The molecule has 8 heteroatoms. The van der Waals surface area contributed by atoms with Gasteiger partial charge in [0.15, 0.2) is 10.9 Å². The molecular weight excluding hydrogens is 372 g/mol. The zero-order valence-corrected chi connectivity index (χ0v) is 15.0. The lowest BCUT2D eigenvalue weighted by Crippen LogP contribution is -2.33. The van der Waals surface area contributed by atoms with E-state index in [1.165, 1.54) is 5.01 Å². The van der Waals surface area contributed by atoms with Gasteiger partial charge in [-0.05, 0) is 36.5 Å². The predicted octanol–water partition coefficient (Wildman–Crippen LogP) is 3.38. The predicted molar refractivity (Wildman–Crippen MR) is 105 cm³/mol. The highest BCUT2D eigenvalue weighted by Gasteiger charge is 2.32. The SMILES string of the molecule is O=C(O)COc1ccccc1C=C1SC(=S)N(Nc2ccccc2)C1=O. The maximum Gasteiger partial charge on any atom is 0.341 e. The third-order valence-corrected chi connectivity index (χ3v) is 4.67. The van der Waals surface area contributed by atoms with E-state index in [2.05, 4.69) is 5.43 Å². The van der Waals surface area contributed by atoms with E-state index in [4.69, 9.17) is 22.1 Å². The maximum atomic E-state index is 12.7. The van der Waals surface area contributed by atoms with E-state index in [-0.39, 0.29) is 5.91 Å². The molecule has 1 amide bonds. The number of anilines is 1. The van der Waals surface area contributed by atoms with Gasteiger partial charge in [0.2, 0.25) is 0 Å². The molecule has 0 atom stereocenters. The number of ether oxygens (including phenoxy) is 1. The maximum absolute atomic E-state index is 12.7. The summed E-state index contributed by atoms with van der Waals surface area (Å²) in [6.07, 6.45) is 1.64. The number of hydrogen-bond acceptors (Lipinski definition) is 6. The van der Waals surface area contributed by atoms with Crippen LogP contribution in [0.25, 0.3) is 6.08 Å². The molecule has 3 rings (SSSR count). The van der Waals surface area contributed by atoms with Crippen LogP contribution in [-0.2, 0) is 9.59 Å². The molecule has 0 unspecified atom stereocenters. The van der Waals surface area contributed by atoms with Crippen LogP contribution in [0.5, 0.6) is 5.75 Å². The number of thioether (sulfide) groups is 1. The van der Waals surface area contributed by atoms with Gasteiger partial charge in [-0.2, -0.15) is 0 Å². The number of thiocarbonyl (C=S) groups is 1. The second-order valence-electron chi connectivity index (χ2n) is 5.22. The monoisotopic (exact) mass is 386 g/mol. The largest absolute Gasteiger partial charge is 0.481 e. The van der Waals surface area contributed by atoms with E-state index in [1.54, 1.807) is 30.3 Å². The van der Waals surface area contributed by atoms with Gasteiger partial charge in [-0.15, -0.1) is 0 Å². The Labute approximate surface area is 159 Å². The number of aliphatic carboxylic acids is 1. The van der Waals surface area contributed by atoms with Crippen LogP contribution in [0, 0.1) is 0 Å². The molecule has 0 radical (unpaired) electrons. The number of carboxylic acid groups (broad SMARTS) is 1. The van der Waals surface area contributed by atoms with Gasteiger partial charge in [0.05, 0.1) is 10.6 Å². The molecular formula is C18H14N2O4S2. The van der Waals surface area contributed by atoms with Crippen molar-refractivity contribution in [1.82, 2.24) is 5.01 Å². The lowest BCUT2D eigenvalue weighted by atomic mass is 10.2. The molecule has 2 aromatic rings. The number of rotatable bonds is 6. The van der Waals surface area contributed by atoms with E-state index in [0.717, 1.165) is 17.4 Å². The summed E-state index contributed by atoms with van der Waals surface area (Å²) in [6.45, 7) is -0.457. The Balaban J connectivity index is 1.81. The van der Waals surface area contributed by atoms with Crippen molar-refractivity contribution in [2.24, 2.45) is 0 Å². The van der Waals surface area contributed by atoms with E-state index < -0.39 is 12.6 Å². The number of carbonyl (C=O) groups is 2. The van der Waals surface area contributed by atoms with Gasteiger partial charge in [-0.1, -0.05) is 48.2 Å². The number of nitrogens with zero attached hydrogens (tertiary/aromatic N) is 1. The van der Waals surface area contributed by atoms with Gasteiger partial charge >= 0.3 is 5.97 Å². The average Bonchev–Trinajstić information content (AvgIpc) is 2.89. The molecule has 26 heavy (non-hydrogen) atoms. The van der Waals surface area contributed by atoms with E-state index >= 15 is 0 Å². The number of carboxylic acids is 1. The van der Waals surface area contributed by atoms with Crippen molar-refractivity contribution in [3.05, 3.63) is 65.1 Å². The molecule has 1 saturated heterocycles. The van der Waals surface area contributed by atoms with Crippen molar-refractivity contribution >= 4 is 51.9 Å². The highest BCUT2D eigenvalue weighted by Crippen LogP contribution is 2.34. The Hall–Kier alpha value is -2.84. The summed E-state index contributed by atoms with van der Waals surface area (Å²) >= 11 is 6.45. The number of amides is 1. The van der Waals surface area contributed by atoms with Crippen LogP contribution in [0.3, 0.4) is 0 Å². The standard InChI is InChI=1S/C18H14N2O4S2/c21-16(22)11-24-14-9-5-4-6-12(14)10-15-17(23)20(18(25)26-15)19-13-7-2-1-3-8-13/h1-10,19H,11H2,(H,21,22). The van der Waals surface area contributed by atoms with Crippen molar-refractivity contribution < 1.29 is 19.4 Å². The first-order valence-corrected chi connectivity index (χ1v) is 8.80. The summed E-state index contributed by atoms with van der Waals surface area (Å²) < 4.78 is 5.65. The van der Waals surface area contributed by atoms with Crippen molar-refractivity contribution in [3.8, 4) is 5.75 Å². The van der Waals surface area contributed by atoms with Crippen LogP contribution in [0.1, 0.15) is 5.56 Å². The summed E-state index contributed by atoms with van der Waals surface area (Å²) in [5.74, 6) is -0.966. The zero-order valence-electron chi connectivity index (χ0n) is 13.4. The third-order valence-electron chi connectivity index (χ3n) is 3.37. The molecule has 0 bridgehead atoms. The quantitative estimate of drug-likeness (QED) is 0.582. The second-order valence-corrected chi connectivity index (χ2v) is 6.89. The molecule has 6 nitrogen and oxygen atoms in total. The van der Waals surface area contributed by atoms with Crippen molar-refractivity contribution in [1.29, 1.82) is 0 Å². The third kappa shape index (κ3) is 4.22. The minimum atomic E-state index is -1.07. The van der Waals surface area contributed by atoms with Gasteiger partial charge < -0.3 is 9.84 Å². The Morgan fingerprint density at radius 1 is 1.19 bits per heavy atom. The molecule has 1 fully saturated rings. The molecule has 2 aromatic carbocycles. The first-order valence-electron chi connectivity index (χ1n) is 7.58. The number of carbonyl (C=O) groups excluding carboxylic acids is 1. The van der Waals surface area contributed by atoms with E-state index in [9.17, 15) is 9.59 Å². The number of para-hydroxylation sites is 2. The minimum absolute atomic E-state index is 0.281. The van der Waals surface area contributed by atoms with Gasteiger partial charge in [-0.25, -0.2) is 9.80 Å². The van der Waals surface area contributed by atoms with Crippen LogP contribution < -0.4 is 10.2 Å². The Bertz CT molecular complexity index is 884. The molecule has 1 aliphatic rings. The Morgan fingerprint density at radius 3 is 2.62 bits per heavy atom. The van der Waals surface area contributed by atoms with Crippen molar-refractivity contribution in [3.63, 3.8) is 0 Å². The first kappa shape index (κ1) is 18.0. The van der Waals surface area contributed by atoms with Crippen LogP contribution >= 0.6 is 24.0 Å². The van der Waals surface area contributed by atoms with Crippen LogP contribution in [-0.4, -0.2) is 32.9 Å². The van der Waals surface area contributed by atoms with Gasteiger partial charge in [0.1, 0.15) is 5.75 Å². The number of benzene rings is 2. The molecule has 0 spiro atoms. The van der Waals surface area contributed by atoms with Gasteiger partial charge in [0, 0.05) is 5.56 Å². The normalized spacial score (nSPS) is 15.4. The average molecular weight is 386 g/mol. The molecule has 1 heterocycles. The van der Waals surface area contributed by atoms with Crippen LogP contribution in [0.4, 0.5) is 5.69 Å². The van der Waals surface area contributed by atoms with Crippen molar-refractivity contribution in [2.75, 3.05) is 12.0 Å². The van der Waals surface area contributed by atoms with Crippen LogP contribution in [0.2, 0.25) is 0 Å². The second kappa shape index (κ2) is 8.03. The molecule has 0 aliphatic carbocycles. The summed E-state index contributed by atoms with van der Waals surface area (Å²) in [5, 5.41) is 10.1. The summed E-state index contributed by atoms with van der Waals surface area (Å²) in [4.78, 5) is 23.8. The zero-order chi connectivity index (χ0) is 18.5. The van der Waals surface area contributed by atoms with E-state index in [0.29, 0.717) is 20.5 Å². The topological polar surface area (TPSA) is 78.9 Å². The van der Waals surface area contributed by atoms with Crippen LogP contribution in [0.15, 0.2) is 59.5 Å².